The molecule has 3 heterocycles. The number of aliphatic hydroxyl groups excluding tert-OH is 5. The van der Waals surface area contributed by atoms with Crippen LogP contribution in [0.3, 0.4) is 0 Å². The van der Waals surface area contributed by atoms with Crippen LogP contribution in [-0.2, 0) is 33.5 Å². The number of ether oxygens (including phenoxy) is 3. The van der Waals surface area contributed by atoms with Gasteiger partial charge in [-0.2, -0.15) is 8.42 Å². The second-order valence-corrected chi connectivity index (χ2v) is 9.58. The first-order valence-corrected chi connectivity index (χ1v) is 12.3. The summed E-state index contributed by atoms with van der Waals surface area (Å²) in [5.41, 5.74) is 0. The maximum absolute atomic E-state index is 10.5. The Hall–Kier alpha value is -0.490. The van der Waals surface area contributed by atoms with Crippen LogP contribution in [0.15, 0.2) is 11.8 Å². The molecule has 9 atom stereocenters. The number of alkyl halides is 3. The van der Waals surface area contributed by atoms with Crippen molar-refractivity contribution in [2.45, 2.75) is 61.0 Å². The molecule has 0 unspecified atom stereocenters. The van der Waals surface area contributed by atoms with Crippen LogP contribution in [0.4, 0.5) is 0 Å². The van der Waals surface area contributed by atoms with E-state index >= 15 is 0 Å². The third-order valence-corrected chi connectivity index (χ3v) is 6.91. The highest BCUT2D eigenvalue weighted by molar-refractivity contribution is 7.85. The van der Waals surface area contributed by atoms with Gasteiger partial charge < -0.3 is 43.9 Å². The highest BCUT2D eigenvalue weighted by atomic mass is 35.5. The largest absolute Gasteiger partial charge is 0.409 e. The zero-order chi connectivity index (χ0) is 25.1. The average Bonchev–Trinajstić information content (AvgIpc) is 2.97. The summed E-state index contributed by atoms with van der Waals surface area (Å²) in [4.78, 5) is 10.4. The topological polar surface area (TPSA) is 201 Å². The molecule has 3 aliphatic heterocycles. The second-order valence-electron chi connectivity index (χ2n) is 7.22. The van der Waals surface area contributed by atoms with E-state index in [2.05, 4.69) is 4.18 Å². The molecule has 3 aliphatic rings. The van der Waals surface area contributed by atoms with E-state index < -0.39 is 82.8 Å². The highest BCUT2D eigenvalue weighted by Gasteiger charge is 2.58. The predicted molar refractivity (Wildman–Crippen MR) is 111 cm³/mol. The van der Waals surface area contributed by atoms with E-state index in [1.165, 1.54) is 6.92 Å². The summed E-state index contributed by atoms with van der Waals surface area (Å²) in [7, 11) is -3.85. The molecule has 0 spiro atoms. The third-order valence-electron chi connectivity index (χ3n) is 4.76. The smallest absolute Gasteiger partial charge is 0.394 e. The minimum atomic E-state index is -3.85. The number of halogens is 3. The van der Waals surface area contributed by atoms with Gasteiger partial charge in [-0.1, -0.05) is 0 Å². The molecule has 6 N–H and O–H groups in total. The van der Waals surface area contributed by atoms with E-state index in [0.717, 1.165) is 6.08 Å². The van der Waals surface area contributed by atoms with Gasteiger partial charge >= 0.3 is 10.3 Å². The Labute approximate surface area is 204 Å². The van der Waals surface area contributed by atoms with Gasteiger partial charge in [-0.05, 0) is 6.92 Å². The zero-order valence-corrected chi connectivity index (χ0v) is 20.0. The molecule has 2 fully saturated rings. The van der Waals surface area contributed by atoms with Crippen molar-refractivity contribution in [2.75, 3.05) is 18.4 Å². The van der Waals surface area contributed by atoms with Crippen LogP contribution in [0.2, 0.25) is 0 Å². The summed E-state index contributed by atoms with van der Waals surface area (Å²) in [5, 5.41) is 48.1. The Balaban J connectivity index is 0.000000321. The third kappa shape index (κ3) is 6.59. The summed E-state index contributed by atoms with van der Waals surface area (Å²) in [5.74, 6) is -3.03. The summed E-state index contributed by atoms with van der Waals surface area (Å²) in [6.45, 7) is 0.859. The van der Waals surface area contributed by atoms with Gasteiger partial charge in [-0.25, -0.2) is 4.72 Å². The van der Waals surface area contributed by atoms with Crippen molar-refractivity contribution >= 4 is 51.0 Å². The van der Waals surface area contributed by atoms with Crippen molar-refractivity contribution < 1.29 is 57.1 Å². The molecular weight excluding hydrogens is 537 g/mol. The van der Waals surface area contributed by atoms with Gasteiger partial charge in [0.05, 0.1) is 23.7 Å². The first-order chi connectivity index (χ1) is 15.3. The van der Waals surface area contributed by atoms with Crippen LogP contribution in [0, 0.1) is 0 Å². The molecule has 2 saturated heterocycles. The van der Waals surface area contributed by atoms with Crippen molar-refractivity contribution in [3.05, 3.63) is 11.8 Å². The van der Waals surface area contributed by atoms with Crippen molar-refractivity contribution in [2.24, 2.45) is 0 Å². The van der Waals surface area contributed by atoms with E-state index in [0.29, 0.717) is 0 Å². The van der Waals surface area contributed by atoms with Crippen LogP contribution in [0.5, 0.6) is 0 Å². The van der Waals surface area contributed by atoms with Crippen LogP contribution < -0.4 is 4.72 Å². The standard InChI is InChI=1S/C12H19Cl3O8.C4H5NO4S/c13-1-4-7(17)10(20)12(3-14,22-4)23-11-9(19)8(18)6(15)5(2-16)21-11;1-3-2-4(6)5-10(7,8)9-3/h4-11,16-20H,1-3H2;2H,1H3,(H,5,6)/t4-,5-,6+,7-,8+,9-,10+,11-,12+;/m1./s1. The Kier molecular flexibility index (Phi) is 10.0. The van der Waals surface area contributed by atoms with Gasteiger partial charge in [0, 0.05) is 6.08 Å². The first-order valence-electron chi connectivity index (χ1n) is 9.35. The van der Waals surface area contributed by atoms with E-state index in [9.17, 15) is 38.7 Å². The second kappa shape index (κ2) is 11.5. The number of hydrogen-bond donors (Lipinski definition) is 6. The first kappa shape index (κ1) is 28.7. The molecule has 0 bridgehead atoms. The molecule has 0 aromatic rings. The van der Waals surface area contributed by atoms with Gasteiger partial charge in [-0.3, -0.25) is 4.79 Å². The maximum atomic E-state index is 10.5. The Morgan fingerprint density at radius 2 is 1.79 bits per heavy atom. The molecule has 0 aromatic carbocycles. The lowest BCUT2D eigenvalue weighted by atomic mass is 10.0. The van der Waals surface area contributed by atoms with Crippen LogP contribution in [-0.4, -0.2) is 112 Å². The van der Waals surface area contributed by atoms with Crippen LogP contribution >= 0.6 is 34.8 Å². The van der Waals surface area contributed by atoms with Crippen molar-refractivity contribution in [1.29, 1.82) is 0 Å². The molecule has 0 saturated carbocycles. The van der Waals surface area contributed by atoms with E-state index in [-0.39, 0.29) is 11.6 Å². The quantitative estimate of drug-likeness (QED) is 0.195. The molecule has 0 radical (unpaired) electrons. The lowest BCUT2D eigenvalue weighted by Gasteiger charge is -2.43. The minimum absolute atomic E-state index is 0.0729. The van der Waals surface area contributed by atoms with Gasteiger partial charge in [0.25, 0.3) is 5.91 Å². The van der Waals surface area contributed by atoms with Crippen LogP contribution in [0.1, 0.15) is 6.92 Å². The number of amides is 1. The monoisotopic (exact) mass is 559 g/mol. The molecule has 192 valence electrons. The number of nitrogens with one attached hydrogen (secondary N) is 1. The van der Waals surface area contributed by atoms with Gasteiger partial charge in [0.1, 0.15) is 42.4 Å². The van der Waals surface area contributed by atoms with Crippen molar-refractivity contribution in [1.82, 2.24) is 4.72 Å². The Morgan fingerprint density at radius 3 is 2.24 bits per heavy atom. The number of rotatable bonds is 5. The number of allylic oxidation sites excluding steroid dienone is 1. The lowest BCUT2D eigenvalue weighted by molar-refractivity contribution is -0.357. The molecular formula is C16H24Cl3NO12S. The Morgan fingerprint density at radius 1 is 1.15 bits per heavy atom. The minimum Gasteiger partial charge on any atom is -0.394 e. The number of carbonyl (C=O) groups is 1. The van der Waals surface area contributed by atoms with Gasteiger partial charge in [0.2, 0.25) is 5.79 Å². The number of carbonyl (C=O) groups excluding carboxylic acids is 1. The summed E-state index contributed by atoms with van der Waals surface area (Å²) in [6.07, 6.45) is -8.34. The summed E-state index contributed by atoms with van der Waals surface area (Å²) >= 11 is 17.3. The van der Waals surface area contributed by atoms with Crippen LogP contribution in [0.25, 0.3) is 0 Å². The maximum Gasteiger partial charge on any atom is 0.409 e. The Bertz CT molecular complexity index is 830. The SMILES string of the molecule is CC1=CC(=O)NS(=O)(=O)O1.OC[C@H]1O[C@H](O[C@]2(CCl)O[C@H](CCl)[C@@H](O)[C@@H]2O)[C@H](O)[C@@H](O)[C@H]1Cl. The predicted octanol–water partition coefficient (Wildman–Crippen LogP) is -2.37. The van der Waals surface area contributed by atoms with Gasteiger partial charge in [-0.15, -0.1) is 34.8 Å². The van der Waals surface area contributed by atoms with Gasteiger partial charge in [0.15, 0.2) is 6.29 Å². The highest BCUT2D eigenvalue weighted by Crippen LogP contribution is 2.37. The lowest BCUT2D eigenvalue weighted by Crippen LogP contribution is -2.61. The fourth-order valence-electron chi connectivity index (χ4n) is 3.11. The molecule has 3 rings (SSSR count). The fraction of sp³-hybridized carbons (Fsp3) is 0.812. The van der Waals surface area contributed by atoms with Crippen molar-refractivity contribution in [3.63, 3.8) is 0 Å². The molecule has 17 heteroatoms. The van der Waals surface area contributed by atoms with E-state index in [1.807, 2.05) is 0 Å². The fourth-order valence-corrected chi connectivity index (χ4v) is 4.67. The average molecular weight is 561 g/mol. The number of aliphatic hydroxyl groups is 5. The van der Waals surface area contributed by atoms with E-state index in [1.54, 1.807) is 4.72 Å². The molecule has 0 aliphatic carbocycles. The van der Waals surface area contributed by atoms with E-state index in [4.69, 9.17) is 49.0 Å². The van der Waals surface area contributed by atoms with Crippen molar-refractivity contribution in [3.8, 4) is 0 Å². The summed E-state index contributed by atoms with van der Waals surface area (Å²) in [6, 6.07) is 0. The molecule has 13 nitrogen and oxygen atoms in total. The molecule has 0 aromatic heterocycles. The molecule has 33 heavy (non-hydrogen) atoms. The zero-order valence-electron chi connectivity index (χ0n) is 17.0. The molecule has 1 amide bonds. The normalized spacial score (nSPS) is 42.5. The number of hydrogen-bond acceptors (Lipinski definition) is 12. The summed E-state index contributed by atoms with van der Waals surface area (Å²) < 4.78 is 43.0.